The average molecular weight is 479 g/mol. The number of amides is 1. The molecule has 1 amide bonds. The van der Waals surface area contributed by atoms with Gasteiger partial charge in [0, 0.05) is 12.1 Å². The smallest absolute Gasteiger partial charge is 0.263 e. The van der Waals surface area contributed by atoms with Crippen LogP contribution in [0.5, 0.6) is 0 Å². The molecule has 4 rings (SSSR count). The molecule has 168 valence electrons. The zero-order chi connectivity index (χ0) is 23.6. The SMILES string of the molecule is Cc1ccc(C)c(NS(=O)(=O)c2cc(C(=O)NCc3cccc4ccccc34)ccc2Cl)c1. The fourth-order valence-corrected chi connectivity index (χ4v) is 5.27. The maximum atomic E-state index is 13.1. The molecule has 0 spiro atoms. The molecule has 0 aromatic heterocycles. The van der Waals surface area contributed by atoms with E-state index in [9.17, 15) is 13.2 Å². The zero-order valence-corrected chi connectivity index (χ0v) is 19.8. The third-order valence-electron chi connectivity index (χ3n) is 5.44. The molecule has 4 aromatic carbocycles. The quantitative estimate of drug-likeness (QED) is 0.365. The number of anilines is 1. The minimum atomic E-state index is -4.00. The molecule has 0 aliphatic carbocycles. The summed E-state index contributed by atoms with van der Waals surface area (Å²) in [4.78, 5) is 12.7. The number of hydrogen-bond donors (Lipinski definition) is 2. The van der Waals surface area contributed by atoms with E-state index in [0.717, 1.165) is 27.5 Å². The van der Waals surface area contributed by atoms with Crippen LogP contribution in [0, 0.1) is 13.8 Å². The second kappa shape index (κ2) is 9.25. The minimum Gasteiger partial charge on any atom is -0.348 e. The minimum absolute atomic E-state index is 0.0402. The largest absolute Gasteiger partial charge is 0.348 e. The summed E-state index contributed by atoms with van der Waals surface area (Å²) in [5.41, 5.74) is 3.35. The summed E-state index contributed by atoms with van der Waals surface area (Å²) in [7, 11) is -4.00. The van der Waals surface area contributed by atoms with Crippen molar-refractivity contribution in [1.29, 1.82) is 0 Å². The Hall–Kier alpha value is -3.35. The van der Waals surface area contributed by atoms with Gasteiger partial charge in [-0.2, -0.15) is 0 Å². The molecule has 0 unspecified atom stereocenters. The summed E-state index contributed by atoms with van der Waals surface area (Å²) in [6.07, 6.45) is 0. The van der Waals surface area contributed by atoms with Gasteiger partial charge >= 0.3 is 0 Å². The van der Waals surface area contributed by atoms with E-state index in [1.54, 1.807) is 6.07 Å². The molecule has 4 aromatic rings. The molecule has 0 heterocycles. The number of fused-ring (bicyclic) bond motifs is 1. The van der Waals surface area contributed by atoms with Gasteiger partial charge in [0.25, 0.3) is 15.9 Å². The average Bonchev–Trinajstić information content (AvgIpc) is 2.80. The normalized spacial score (nSPS) is 11.4. The number of halogens is 1. The van der Waals surface area contributed by atoms with Crippen LogP contribution in [-0.2, 0) is 16.6 Å². The highest BCUT2D eigenvalue weighted by Crippen LogP contribution is 2.27. The summed E-state index contributed by atoms with van der Waals surface area (Å²) < 4.78 is 28.7. The van der Waals surface area contributed by atoms with Crippen LogP contribution < -0.4 is 10.0 Å². The monoisotopic (exact) mass is 478 g/mol. The molecule has 2 N–H and O–H groups in total. The van der Waals surface area contributed by atoms with Crippen molar-refractivity contribution < 1.29 is 13.2 Å². The van der Waals surface area contributed by atoms with Crippen molar-refractivity contribution in [3.8, 4) is 0 Å². The number of hydrogen-bond acceptors (Lipinski definition) is 3. The first-order chi connectivity index (χ1) is 15.7. The number of carbonyl (C=O) groups is 1. The molecular weight excluding hydrogens is 456 g/mol. The van der Waals surface area contributed by atoms with Crippen LogP contribution in [0.4, 0.5) is 5.69 Å². The van der Waals surface area contributed by atoms with Gasteiger partial charge in [0.05, 0.1) is 10.7 Å². The van der Waals surface area contributed by atoms with E-state index in [4.69, 9.17) is 11.6 Å². The fraction of sp³-hybridized carbons (Fsp3) is 0.115. The lowest BCUT2D eigenvalue weighted by atomic mass is 10.0. The first kappa shape index (κ1) is 22.8. The maximum Gasteiger partial charge on any atom is 0.263 e. The van der Waals surface area contributed by atoms with Crippen molar-refractivity contribution in [2.45, 2.75) is 25.3 Å². The van der Waals surface area contributed by atoms with Gasteiger partial charge in [-0.15, -0.1) is 0 Å². The van der Waals surface area contributed by atoms with E-state index in [1.165, 1.54) is 18.2 Å². The Kier molecular flexibility index (Phi) is 6.40. The number of sulfonamides is 1. The Morgan fingerprint density at radius 3 is 2.48 bits per heavy atom. The van der Waals surface area contributed by atoms with Gasteiger partial charge in [-0.05, 0) is 65.6 Å². The predicted molar refractivity (Wildman–Crippen MR) is 133 cm³/mol. The third-order valence-corrected chi connectivity index (χ3v) is 7.29. The van der Waals surface area contributed by atoms with Gasteiger partial charge in [0.1, 0.15) is 4.90 Å². The van der Waals surface area contributed by atoms with Crippen molar-refractivity contribution in [3.63, 3.8) is 0 Å². The lowest BCUT2D eigenvalue weighted by molar-refractivity contribution is 0.0951. The Morgan fingerprint density at radius 2 is 1.67 bits per heavy atom. The number of carbonyl (C=O) groups excluding carboxylic acids is 1. The van der Waals surface area contributed by atoms with E-state index in [0.29, 0.717) is 12.2 Å². The second-order valence-electron chi connectivity index (χ2n) is 7.89. The van der Waals surface area contributed by atoms with Crippen LogP contribution in [0.15, 0.2) is 83.8 Å². The lowest BCUT2D eigenvalue weighted by Crippen LogP contribution is -2.23. The Balaban J connectivity index is 1.57. The van der Waals surface area contributed by atoms with Crippen LogP contribution >= 0.6 is 11.6 Å². The first-order valence-corrected chi connectivity index (χ1v) is 12.3. The zero-order valence-electron chi connectivity index (χ0n) is 18.2. The number of aryl methyl sites for hydroxylation is 2. The van der Waals surface area contributed by atoms with E-state index < -0.39 is 10.0 Å². The Labute approximate surface area is 198 Å². The molecule has 33 heavy (non-hydrogen) atoms. The number of nitrogens with one attached hydrogen (secondary N) is 2. The summed E-state index contributed by atoms with van der Waals surface area (Å²) in [5, 5.41) is 5.05. The van der Waals surface area contributed by atoms with Crippen molar-refractivity contribution in [3.05, 3.63) is 106 Å². The second-order valence-corrected chi connectivity index (χ2v) is 9.95. The standard InChI is InChI=1S/C26H23ClN2O3S/c1-17-10-11-18(2)24(14-17)29-33(31,32)25-15-20(12-13-23(25)27)26(30)28-16-21-8-5-7-19-6-3-4-9-22(19)21/h3-15,29H,16H2,1-2H3,(H,28,30). The lowest BCUT2D eigenvalue weighted by Gasteiger charge is -2.14. The van der Waals surface area contributed by atoms with Crippen LogP contribution in [0.2, 0.25) is 5.02 Å². The molecule has 0 aliphatic rings. The molecule has 0 saturated carbocycles. The fourth-order valence-electron chi connectivity index (χ4n) is 3.62. The highest BCUT2D eigenvalue weighted by molar-refractivity contribution is 7.92. The van der Waals surface area contributed by atoms with Crippen LogP contribution in [-0.4, -0.2) is 14.3 Å². The van der Waals surface area contributed by atoms with Gasteiger partial charge in [-0.1, -0.05) is 66.2 Å². The van der Waals surface area contributed by atoms with Gasteiger partial charge in [-0.3, -0.25) is 9.52 Å². The van der Waals surface area contributed by atoms with Crippen LogP contribution in [0.25, 0.3) is 10.8 Å². The van der Waals surface area contributed by atoms with E-state index in [-0.39, 0.29) is 21.4 Å². The molecule has 0 fully saturated rings. The molecule has 0 atom stereocenters. The topological polar surface area (TPSA) is 75.3 Å². The van der Waals surface area contributed by atoms with Crippen molar-refractivity contribution >= 4 is 44.0 Å². The third kappa shape index (κ3) is 5.02. The Morgan fingerprint density at radius 1 is 0.909 bits per heavy atom. The van der Waals surface area contributed by atoms with E-state index in [1.807, 2.05) is 68.4 Å². The van der Waals surface area contributed by atoms with Crippen molar-refractivity contribution in [1.82, 2.24) is 5.32 Å². The predicted octanol–water partition coefficient (Wildman–Crippen LogP) is 5.84. The van der Waals surface area contributed by atoms with Gasteiger partial charge in [0.15, 0.2) is 0 Å². The van der Waals surface area contributed by atoms with Crippen molar-refractivity contribution in [2.24, 2.45) is 0 Å². The first-order valence-electron chi connectivity index (χ1n) is 10.4. The van der Waals surface area contributed by atoms with Crippen LogP contribution in [0.1, 0.15) is 27.0 Å². The molecule has 0 radical (unpaired) electrons. The van der Waals surface area contributed by atoms with Crippen molar-refractivity contribution in [2.75, 3.05) is 4.72 Å². The summed E-state index contributed by atoms with van der Waals surface area (Å²) in [5.74, 6) is -0.386. The summed E-state index contributed by atoms with van der Waals surface area (Å²) >= 11 is 6.21. The van der Waals surface area contributed by atoms with E-state index >= 15 is 0 Å². The van der Waals surface area contributed by atoms with Gasteiger partial charge in [-0.25, -0.2) is 8.42 Å². The number of benzene rings is 4. The molecule has 0 aliphatic heterocycles. The molecule has 7 heteroatoms. The molecule has 0 bridgehead atoms. The molecule has 0 saturated heterocycles. The summed E-state index contributed by atoms with van der Waals surface area (Å²) in [6, 6.07) is 23.6. The van der Waals surface area contributed by atoms with E-state index in [2.05, 4.69) is 10.0 Å². The van der Waals surface area contributed by atoms with Gasteiger partial charge < -0.3 is 5.32 Å². The highest BCUT2D eigenvalue weighted by atomic mass is 35.5. The molecular formula is C26H23ClN2O3S. The summed E-state index contributed by atoms with van der Waals surface area (Å²) in [6.45, 7) is 4.01. The van der Waals surface area contributed by atoms with Crippen LogP contribution in [0.3, 0.4) is 0 Å². The molecule has 5 nitrogen and oxygen atoms in total. The maximum absolute atomic E-state index is 13.1. The Bertz CT molecular complexity index is 1460. The van der Waals surface area contributed by atoms with Gasteiger partial charge in [0.2, 0.25) is 0 Å². The number of rotatable bonds is 6. The highest BCUT2D eigenvalue weighted by Gasteiger charge is 2.21.